The van der Waals surface area contributed by atoms with Gasteiger partial charge in [0.15, 0.2) is 0 Å². The summed E-state index contributed by atoms with van der Waals surface area (Å²) >= 11 is 0. The van der Waals surface area contributed by atoms with Crippen LogP contribution in [0.4, 0.5) is 5.69 Å². The van der Waals surface area contributed by atoms with Crippen LogP contribution in [0.3, 0.4) is 0 Å². The summed E-state index contributed by atoms with van der Waals surface area (Å²) in [6.07, 6.45) is 2.53. The lowest BCUT2D eigenvalue weighted by atomic mass is 10.00. The van der Waals surface area contributed by atoms with E-state index in [4.69, 9.17) is 10.00 Å². The van der Waals surface area contributed by atoms with E-state index in [2.05, 4.69) is 5.43 Å². The number of rotatable bonds is 5. The van der Waals surface area contributed by atoms with Crippen molar-refractivity contribution in [1.29, 1.82) is 5.26 Å². The number of hydrazine groups is 1. The van der Waals surface area contributed by atoms with E-state index >= 15 is 0 Å². The molecular formula is C22H21N3O3. The Labute approximate surface area is 164 Å². The van der Waals surface area contributed by atoms with Crippen molar-refractivity contribution in [3.8, 4) is 11.8 Å². The van der Waals surface area contributed by atoms with Gasteiger partial charge in [-0.05, 0) is 73.4 Å². The summed E-state index contributed by atoms with van der Waals surface area (Å²) in [6, 6.07) is 12.2. The number of nitrogens with one attached hydrogen (secondary N) is 1. The van der Waals surface area contributed by atoms with Crippen molar-refractivity contribution in [3.05, 3.63) is 64.2 Å². The van der Waals surface area contributed by atoms with Gasteiger partial charge in [0, 0.05) is 0 Å². The summed E-state index contributed by atoms with van der Waals surface area (Å²) in [5, 5.41) is 10.1. The van der Waals surface area contributed by atoms with Crippen LogP contribution < -0.4 is 15.2 Å². The molecular weight excluding hydrogens is 354 g/mol. The van der Waals surface area contributed by atoms with Crippen molar-refractivity contribution in [1.82, 2.24) is 5.43 Å². The van der Waals surface area contributed by atoms with E-state index in [0.29, 0.717) is 17.9 Å². The van der Waals surface area contributed by atoms with E-state index in [9.17, 15) is 9.59 Å². The fraction of sp³-hybridized carbons (Fsp3) is 0.227. The molecule has 28 heavy (non-hydrogen) atoms. The van der Waals surface area contributed by atoms with Gasteiger partial charge in [-0.25, -0.2) is 5.01 Å². The highest BCUT2D eigenvalue weighted by Crippen LogP contribution is 2.28. The Morgan fingerprint density at radius 2 is 1.82 bits per heavy atom. The normalized spacial score (nSPS) is 14.9. The third kappa shape index (κ3) is 3.60. The third-order valence-corrected chi connectivity index (χ3v) is 4.69. The maximum absolute atomic E-state index is 12.8. The standard InChI is InChI=1S/C22H21N3O3/c1-4-11-28-20-10-7-17(14(2)15(20)3)12-19-21(26)24-25(22(19)27)18-8-5-16(13-23)6-9-18/h5-10,12H,4,11H2,1-3H3,(H,24,26). The molecule has 2 amide bonds. The largest absolute Gasteiger partial charge is 0.493 e. The average molecular weight is 375 g/mol. The van der Waals surface area contributed by atoms with Crippen molar-refractivity contribution in [2.45, 2.75) is 27.2 Å². The number of carbonyl (C=O) groups excluding carboxylic acids is 2. The van der Waals surface area contributed by atoms with Gasteiger partial charge < -0.3 is 4.74 Å². The average Bonchev–Trinajstić information content (AvgIpc) is 2.99. The molecule has 6 heteroatoms. The van der Waals surface area contributed by atoms with Gasteiger partial charge in [-0.15, -0.1) is 0 Å². The Balaban J connectivity index is 1.90. The van der Waals surface area contributed by atoms with Gasteiger partial charge in [0.2, 0.25) is 0 Å². The summed E-state index contributed by atoms with van der Waals surface area (Å²) in [4.78, 5) is 25.1. The van der Waals surface area contributed by atoms with Gasteiger partial charge in [0.05, 0.1) is 23.9 Å². The zero-order valence-electron chi connectivity index (χ0n) is 16.1. The minimum absolute atomic E-state index is 0.0640. The van der Waals surface area contributed by atoms with Gasteiger partial charge in [-0.3, -0.25) is 15.0 Å². The number of anilines is 1. The minimum Gasteiger partial charge on any atom is -0.493 e. The van der Waals surface area contributed by atoms with E-state index < -0.39 is 11.8 Å². The second kappa shape index (κ2) is 7.97. The zero-order valence-corrected chi connectivity index (χ0v) is 16.1. The maximum atomic E-state index is 12.8. The Morgan fingerprint density at radius 1 is 1.11 bits per heavy atom. The fourth-order valence-electron chi connectivity index (χ4n) is 2.92. The van der Waals surface area contributed by atoms with E-state index in [-0.39, 0.29) is 5.57 Å². The second-order valence-electron chi connectivity index (χ2n) is 6.55. The van der Waals surface area contributed by atoms with Crippen LogP contribution in [-0.4, -0.2) is 18.4 Å². The van der Waals surface area contributed by atoms with E-state index in [1.165, 1.54) is 5.01 Å². The van der Waals surface area contributed by atoms with Gasteiger partial charge in [0.1, 0.15) is 11.3 Å². The van der Waals surface area contributed by atoms with Crippen molar-refractivity contribution in [2.24, 2.45) is 0 Å². The molecule has 6 nitrogen and oxygen atoms in total. The molecule has 3 rings (SSSR count). The second-order valence-corrected chi connectivity index (χ2v) is 6.55. The van der Waals surface area contributed by atoms with Crippen LogP contribution >= 0.6 is 0 Å². The number of hydrogen-bond donors (Lipinski definition) is 1. The molecule has 1 fully saturated rings. The molecule has 1 N–H and O–H groups in total. The first-order chi connectivity index (χ1) is 13.5. The highest BCUT2D eigenvalue weighted by molar-refractivity contribution is 6.31. The van der Waals surface area contributed by atoms with Gasteiger partial charge >= 0.3 is 0 Å². The number of benzene rings is 2. The lowest BCUT2D eigenvalue weighted by Crippen LogP contribution is -2.35. The molecule has 0 unspecified atom stereocenters. The summed E-state index contributed by atoms with van der Waals surface area (Å²) < 4.78 is 5.73. The van der Waals surface area contributed by atoms with Gasteiger partial charge in [-0.1, -0.05) is 13.0 Å². The minimum atomic E-state index is -0.460. The van der Waals surface area contributed by atoms with E-state index in [1.807, 2.05) is 39.0 Å². The van der Waals surface area contributed by atoms with Gasteiger partial charge in [-0.2, -0.15) is 5.26 Å². The van der Waals surface area contributed by atoms with Crippen LogP contribution in [0.2, 0.25) is 0 Å². The molecule has 0 bridgehead atoms. The first kappa shape index (κ1) is 19.2. The third-order valence-electron chi connectivity index (χ3n) is 4.69. The SMILES string of the molecule is CCCOc1ccc(C=C2C(=O)NN(c3ccc(C#N)cc3)C2=O)c(C)c1C. The quantitative estimate of drug-likeness (QED) is 0.641. The number of ether oxygens (including phenoxy) is 1. The van der Waals surface area contributed by atoms with E-state index in [1.54, 1.807) is 30.3 Å². The molecule has 1 aliphatic rings. The predicted molar refractivity (Wildman–Crippen MR) is 106 cm³/mol. The number of carbonyl (C=O) groups is 2. The Bertz CT molecular complexity index is 1000. The fourth-order valence-corrected chi connectivity index (χ4v) is 2.92. The Kier molecular flexibility index (Phi) is 5.46. The van der Waals surface area contributed by atoms with Crippen LogP contribution in [0.15, 0.2) is 42.0 Å². The lowest BCUT2D eigenvalue weighted by Gasteiger charge is -2.14. The van der Waals surface area contributed by atoms with Crippen LogP contribution in [0, 0.1) is 25.2 Å². The number of nitriles is 1. The molecule has 0 saturated carbocycles. The Hall–Kier alpha value is -3.59. The van der Waals surface area contributed by atoms with Crippen LogP contribution in [0.5, 0.6) is 5.75 Å². The monoisotopic (exact) mass is 375 g/mol. The molecule has 1 aliphatic heterocycles. The molecule has 0 atom stereocenters. The molecule has 142 valence electrons. The smallest absolute Gasteiger partial charge is 0.282 e. The highest BCUT2D eigenvalue weighted by Gasteiger charge is 2.34. The molecule has 0 aliphatic carbocycles. The van der Waals surface area contributed by atoms with E-state index in [0.717, 1.165) is 28.9 Å². The van der Waals surface area contributed by atoms with Crippen molar-refractivity contribution < 1.29 is 14.3 Å². The molecule has 0 radical (unpaired) electrons. The molecule has 1 saturated heterocycles. The molecule has 1 heterocycles. The van der Waals surface area contributed by atoms with Crippen LogP contribution in [0.1, 0.15) is 35.6 Å². The lowest BCUT2D eigenvalue weighted by molar-refractivity contribution is -0.117. The molecule has 0 spiro atoms. The summed E-state index contributed by atoms with van der Waals surface area (Å²) in [5.74, 6) is -0.0845. The van der Waals surface area contributed by atoms with Crippen LogP contribution in [0.25, 0.3) is 6.08 Å². The zero-order chi connectivity index (χ0) is 20.3. The maximum Gasteiger partial charge on any atom is 0.282 e. The predicted octanol–water partition coefficient (Wildman–Crippen LogP) is 3.43. The summed E-state index contributed by atoms with van der Waals surface area (Å²) in [6.45, 7) is 6.59. The highest BCUT2D eigenvalue weighted by atomic mass is 16.5. The van der Waals surface area contributed by atoms with Crippen molar-refractivity contribution in [2.75, 3.05) is 11.6 Å². The van der Waals surface area contributed by atoms with Crippen molar-refractivity contribution >= 4 is 23.6 Å². The topological polar surface area (TPSA) is 82.4 Å². The number of amides is 2. The Morgan fingerprint density at radius 3 is 2.46 bits per heavy atom. The summed E-state index contributed by atoms with van der Waals surface area (Å²) in [5.41, 5.74) is 6.35. The number of nitrogens with zero attached hydrogens (tertiary/aromatic N) is 2. The molecule has 2 aromatic rings. The van der Waals surface area contributed by atoms with Gasteiger partial charge in [0.25, 0.3) is 11.8 Å². The first-order valence-electron chi connectivity index (χ1n) is 9.06. The van der Waals surface area contributed by atoms with Crippen LogP contribution in [-0.2, 0) is 9.59 Å². The molecule has 0 aromatic heterocycles. The summed E-state index contributed by atoms with van der Waals surface area (Å²) in [7, 11) is 0. The van der Waals surface area contributed by atoms with Crippen molar-refractivity contribution in [3.63, 3.8) is 0 Å². The molecule has 2 aromatic carbocycles. The number of hydrogen-bond acceptors (Lipinski definition) is 4. The first-order valence-corrected chi connectivity index (χ1v) is 9.06.